The molecule has 0 heterocycles. The molecule has 1 N–H and O–H groups in total. The van der Waals surface area contributed by atoms with Crippen LogP contribution in [0.15, 0.2) is 71.6 Å². The minimum Gasteiger partial charge on any atom is -0.497 e. The van der Waals surface area contributed by atoms with Crippen LogP contribution >= 0.6 is 0 Å². The molecule has 3 aromatic carbocycles. The van der Waals surface area contributed by atoms with Crippen molar-refractivity contribution in [3.05, 3.63) is 89.0 Å². The Kier molecular flexibility index (Phi) is 9.98. The van der Waals surface area contributed by atoms with E-state index in [2.05, 4.69) is 5.32 Å². The van der Waals surface area contributed by atoms with Crippen molar-refractivity contribution < 1.29 is 22.7 Å². The standard InChI is InChI=1S/C31H39N3O5S/c1-21(2)32-31(36)25(6)33(19-26-11-9-12-27(18-26)39-7)30(35)20-34(29-13-8-10-23(4)24(29)5)40(37,38)28-16-14-22(3)15-17-28/h8-18,21,25H,19-20H2,1-7H3,(H,32,36). The Balaban J connectivity index is 2.08. The number of amides is 2. The van der Waals surface area contributed by atoms with Crippen molar-refractivity contribution in [2.24, 2.45) is 0 Å². The second-order valence-corrected chi connectivity index (χ2v) is 12.1. The number of nitrogens with zero attached hydrogens (tertiary/aromatic N) is 2. The van der Waals surface area contributed by atoms with Crippen molar-refractivity contribution in [1.82, 2.24) is 10.2 Å². The molecule has 2 amide bonds. The topological polar surface area (TPSA) is 96.0 Å². The third kappa shape index (κ3) is 7.21. The van der Waals surface area contributed by atoms with Gasteiger partial charge in [-0.15, -0.1) is 0 Å². The van der Waals surface area contributed by atoms with Crippen LogP contribution in [0.5, 0.6) is 5.75 Å². The van der Waals surface area contributed by atoms with E-state index in [0.29, 0.717) is 11.4 Å². The molecule has 0 spiro atoms. The van der Waals surface area contributed by atoms with Gasteiger partial charge in [0.25, 0.3) is 10.0 Å². The Morgan fingerprint density at radius 2 is 1.57 bits per heavy atom. The largest absolute Gasteiger partial charge is 0.497 e. The van der Waals surface area contributed by atoms with E-state index < -0.39 is 28.5 Å². The predicted molar refractivity (Wildman–Crippen MR) is 158 cm³/mol. The van der Waals surface area contributed by atoms with Crippen LogP contribution < -0.4 is 14.4 Å². The van der Waals surface area contributed by atoms with Crippen molar-refractivity contribution in [1.29, 1.82) is 0 Å². The van der Waals surface area contributed by atoms with Crippen molar-refractivity contribution in [2.45, 2.75) is 65.1 Å². The van der Waals surface area contributed by atoms with Gasteiger partial charge in [-0.1, -0.05) is 42.0 Å². The molecule has 0 radical (unpaired) electrons. The summed E-state index contributed by atoms with van der Waals surface area (Å²) in [5, 5.41) is 2.86. The number of anilines is 1. The highest BCUT2D eigenvalue weighted by molar-refractivity contribution is 7.92. The van der Waals surface area contributed by atoms with Crippen LogP contribution in [0.3, 0.4) is 0 Å². The molecule has 40 heavy (non-hydrogen) atoms. The number of benzene rings is 3. The number of hydrogen-bond donors (Lipinski definition) is 1. The maximum Gasteiger partial charge on any atom is 0.264 e. The number of sulfonamides is 1. The molecule has 0 bridgehead atoms. The van der Waals surface area contributed by atoms with Gasteiger partial charge in [-0.05, 0) is 88.6 Å². The van der Waals surface area contributed by atoms with Gasteiger partial charge in [-0.25, -0.2) is 8.42 Å². The normalized spacial score (nSPS) is 12.1. The van der Waals surface area contributed by atoms with Gasteiger partial charge >= 0.3 is 0 Å². The van der Waals surface area contributed by atoms with Crippen LogP contribution in [-0.2, 0) is 26.2 Å². The first-order valence-corrected chi connectivity index (χ1v) is 14.7. The quantitative estimate of drug-likeness (QED) is 0.362. The second kappa shape index (κ2) is 13.0. The van der Waals surface area contributed by atoms with Gasteiger partial charge in [-0.3, -0.25) is 13.9 Å². The number of rotatable bonds is 11. The molecule has 3 aromatic rings. The summed E-state index contributed by atoms with van der Waals surface area (Å²) in [5.74, 6) is -0.222. The molecule has 1 atom stereocenters. The SMILES string of the molecule is COc1cccc(CN(C(=O)CN(c2cccc(C)c2C)S(=O)(=O)c2ccc(C)cc2)C(C)C(=O)NC(C)C)c1. The fourth-order valence-corrected chi connectivity index (χ4v) is 5.78. The van der Waals surface area contributed by atoms with Crippen LogP contribution in [-0.4, -0.2) is 50.9 Å². The number of carbonyl (C=O) groups is 2. The van der Waals surface area contributed by atoms with E-state index >= 15 is 0 Å². The van der Waals surface area contributed by atoms with Crippen molar-refractivity contribution in [3.8, 4) is 5.75 Å². The first kappa shape index (κ1) is 30.7. The Hall–Kier alpha value is -3.85. The van der Waals surface area contributed by atoms with Gasteiger partial charge in [-0.2, -0.15) is 0 Å². The first-order valence-electron chi connectivity index (χ1n) is 13.2. The van der Waals surface area contributed by atoms with E-state index in [0.717, 1.165) is 26.6 Å². The molecule has 0 aromatic heterocycles. The summed E-state index contributed by atoms with van der Waals surface area (Å²) in [5.41, 5.74) is 3.72. The van der Waals surface area contributed by atoms with Gasteiger partial charge in [0.15, 0.2) is 0 Å². The number of nitrogens with one attached hydrogen (secondary N) is 1. The number of methoxy groups -OCH3 is 1. The van der Waals surface area contributed by atoms with E-state index in [4.69, 9.17) is 4.74 Å². The molecule has 0 saturated heterocycles. The summed E-state index contributed by atoms with van der Waals surface area (Å²) in [6, 6.07) is 18.1. The summed E-state index contributed by atoms with van der Waals surface area (Å²) in [6.07, 6.45) is 0. The molecule has 0 aliphatic carbocycles. The minimum atomic E-state index is -4.12. The third-order valence-corrected chi connectivity index (χ3v) is 8.59. The molecule has 9 heteroatoms. The van der Waals surface area contributed by atoms with Crippen molar-refractivity contribution >= 4 is 27.5 Å². The maximum atomic E-state index is 14.1. The molecule has 214 valence electrons. The molecule has 0 fully saturated rings. The number of aryl methyl sites for hydroxylation is 2. The van der Waals surface area contributed by atoms with Gasteiger partial charge in [0.1, 0.15) is 18.3 Å². The summed E-state index contributed by atoms with van der Waals surface area (Å²) >= 11 is 0. The van der Waals surface area contributed by atoms with Crippen molar-refractivity contribution in [3.63, 3.8) is 0 Å². The molecule has 0 aliphatic heterocycles. The number of hydrogen-bond acceptors (Lipinski definition) is 5. The van der Waals surface area contributed by atoms with Gasteiger partial charge in [0.05, 0.1) is 17.7 Å². The highest BCUT2D eigenvalue weighted by atomic mass is 32.2. The predicted octanol–water partition coefficient (Wildman–Crippen LogP) is 4.76. The van der Waals surface area contributed by atoms with Crippen molar-refractivity contribution in [2.75, 3.05) is 18.0 Å². The van der Waals surface area contributed by atoms with E-state index in [-0.39, 0.29) is 23.4 Å². The fraction of sp³-hybridized carbons (Fsp3) is 0.355. The van der Waals surface area contributed by atoms with E-state index in [1.165, 1.54) is 4.90 Å². The molecule has 3 rings (SSSR count). The molecular formula is C31H39N3O5S. The molecular weight excluding hydrogens is 526 g/mol. The fourth-order valence-electron chi connectivity index (χ4n) is 4.31. The lowest BCUT2D eigenvalue weighted by atomic mass is 10.1. The van der Waals surface area contributed by atoms with Crippen LogP contribution in [0.2, 0.25) is 0 Å². The van der Waals surface area contributed by atoms with E-state index in [1.54, 1.807) is 68.6 Å². The summed E-state index contributed by atoms with van der Waals surface area (Å²) in [6.45, 7) is 10.5. The third-order valence-electron chi connectivity index (χ3n) is 6.82. The van der Waals surface area contributed by atoms with Crippen LogP contribution in [0.25, 0.3) is 0 Å². The lowest BCUT2D eigenvalue weighted by Crippen LogP contribution is -2.52. The van der Waals surface area contributed by atoms with Gasteiger partial charge in [0.2, 0.25) is 11.8 Å². The zero-order valence-electron chi connectivity index (χ0n) is 24.3. The van der Waals surface area contributed by atoms with Crippen LogP contribution in [0.4, 0.5) is 5.69 Å². The summed E-state index contributed by atoms with van der Waals surface area (Å²) in [7, 11) is -2.57. The van der Waals surface area contributed by atoms with Crippen LogP contribution in [0, 0.1) is 20.8 Å². The lowest BCUT2D eigenvalue weighted by Gasteiger charge is -2.33. The summed E-state index contributed by atoms with van der Waals surface area (Å²) < 4.78 is 34.5. The Bertz CT molecular complexity index is 1450. The number of carbonyl (C=O) groups excluding carboxylic acids is 2. The zero-order valence-corrected chi connectivity index (χ0v) is 25.1. The average molecular weight is 566 g/mol. The zero-order chi connectivity index (χ0) is 29.6. The summed E-state index contributed by atoms with van der Waals surface area (Å²) in [4.78, 5) is 28.6. The number of ether oxygens (including phenoxy) is 1. The van der Waals surface area contributed by atoms with E-state index in [9.17, 15) is 18.0 Å². The average Bonchev–Trinajstić information content (AvgIpc) is 2.91. The maximum absolute atomic E-state index is 14.1. The van der Waals surface area contributed by atoms with Crippen LogP contribution in [0.1, 0.15) is 43.0 Å². The molecule has 8 nitrogen and oxygen atoms in total. The smallest absolute Gasteiger partial charge is 0.264 e. The monoisotopic (exact) mass is 565 g/mol. The van der Waals surface area contributed by atoms with Gasteiger partial charge < -0.3 is 15.0 Å². The highest BCUT2D eigenvalue weighted by Crippen LogP contribution is 2.29. The highest BCUT2D eigenvalue weighted by Gasteiger charge is 2.33. The Morgan fingerprint density at radius 1 is 0.925 bits per heavy atom. The Labute approximate surface area is 238 Å². The van der Waals surface area contributed by atoms with Gasteiger partial charge in [0, 0.05) is 12.6 Å². The first-order chi connectivity index (χ1) is 18.8. The Morgan fingerprint density at radius 3 is 2.20 bits per heavy atom. The molecule has 0 saturated carbocycles. The second-order valence-electron chi connectivity index (χ2n) is 10.3. The molecule has 0 aliphatic rings. The molecule has 1 unspecified atom stereocenters. The minimum absolute atomic E-state index is 0.0803. The lowest BCUT2D eigenvalue weighted by molar-refractivity contribution is -0.139. The van der Waals surface area contributed by atoms with E-state index in [1.807, 2.05) is 46.8 Å².